The Labute approximate surface area is 181 Å². The van der Waals surface area contributed by atoms with E-state index in [2.05, 4.69) is 12.2 Å². The van der Waals surface area contributed by atoms with E-state index in [4.69, 9.17) is 0 Å². The molecule has 0 saturated carbocycles. The summed E-state index contributed by atoms with van der Waals surface area (Å²) in [6, 6.07) is 9.74. The molecule has 1 unspecified atom stereocenters. The Morgan fingerprint density at radius 1 is 1.10 bits per heavy atom. The second kappa shape index (κ2) is 12.7. The van der Waals surface area contributed by atoms with E-state index in [1.807, 2.05) is 30.3 Å². The first kappa shape index (κ1) is 24.4. The summed E-state index contributed by atoms with van der Waals surface area (Å²) in [6.07, 6.45) is 7.05. The van der Waals surface area contributed by atoms with Gasteiger partial charge in [0.15, 0.2) is 9.84 Å². The number of carbonyl (C=O) groups excluding carboxylic acids is 2. The molecule has 1 aromatic carbocycles. The van der Waals surface area contributed by atoms with Gasteiger partial charge in [0, 0.05) is 19.6 Å². The summed E-state index contributed by atoms with van der Waals surface area (Å²) in [6.45, 7) is 3.66. The topological polar surface area (TPSA) is 83.6 Å². The second-order valence-electron chi connectivity index (χ2n) is 8.21. The molecule has 2 amide bonds. The average molecular weight is 437 g/mol. The molecule has 0 bridgehead atoms. The average Bonchev–Trinajstić information content (AvgIpc) is 2.74. The lowest BCUT2D eigenvalue weighted by atomic mass is 9.97. The molecule has 2 rings (SSSR count). The van der Waals surface area contributed by atoms with E-state index in [0.717, 1.165) is 37.7 Å². The number of piperidine rings is 1. The van der Waals surface area contributed by atoms with Crippen molar-refractivity contribution in [2.24, 2.45) is 5.92 Å². The van der Waals surface area contributed by atoms with E-state index in [0.29, 0.717) is 32.5 Å². The SMILES string of the molecule is CCCCCCNC(=O)C1CCCN(C(=O)CS(=O)(=O)CCCc2ccccc2)C1. The molecule has 168 valence electrons. The van der Waals surface area contributed by atoms with E-state index in [1.54, 1.807) is 4.90 Å². The molecule has 1 aromatic rings. The van der Waals surface area contributed by atoms with Crippen LogP contribution >= 0.6 is 0 Å². The van der Waals surface area contributed by atoms with E-state index >= 15 is 0 Å². The molecule has 1 atom stereocenters. The summed E-state index contributed by atoms with van der Waals surface area (Å²) in [5, 5.41) is 2.97. The Hall–Kier alpha value is -1.89. The molecule has 1 aliphatic rings. The number of hydrogen-bond donors (Lipinski definition) is 1. The summed E-state index contributed by atoms with van der Waals surface area (Å²) < 4.78 is 24.8. The standard InChI is InChI=1S/C23H36N2O4S/c1-2-3-4-8-15-24-23(27)21-14-9-16-25(18-21)22(26)19-30(28,29)17-10-13-20-11-6-5-7-12-20/h5-7,11-12,21H,2-4,8-10,13-19H2,1H3,(H,24,27). The summed E-state index contributed by atoms with van der Waals surface area (Å²) in [7, 11) is -3.45. The van der Waals surface area contributed by atoms with Crippen molar-refractivity contribution in [3.05, 3.63) is 35.9 Å². The highest BCUT2D eigenvalue weighted by atomic mass is 32.2. The first-order chi connectivity index (χ1) is 14.4. The number of sulfone groups is 1. The number of amides is 2. The quantitative estimate of drug-likeness (QED) is 0.511. The Balaban J connectivity index is 1.74. The van der Waals surface area contributed by atoms with Crippen LogP contribution in [0.4, 0.5) is 0 Å². The Bertz CT molecular complexity index is 765. The Morgan fingerprint density at radius 2 is 1.87 bits per heavy atom. The highest BCUT2D eigenvalue weighted by molar-refractivity contribution is 7.92. The second-order valence-corrected chi connectivity index (χ2v) is 10.4. The normalized spacial score (nSPS) is 17.0. The number of hydrogen-bond acceptors (Lipinski definition) is 4. The van der Waals surface area contributed by atoms with Crippen molar-refractivity contribution in [2.45, 2.75) is 58.3 Å². The lowest BCUT2D eigenvalue weighted by Gasteiger charge is -2.32. The monoisotopic (exact) mass is 436 g/mol. The van der Waals surface area contributed by atoms with Gasteiger partial charge in [-0.25, -0.2) is 8.42 Å². The van der Waals surface area contributed by atoms with Crippen LogP contribution in [-0.4, -0.2) is 56.3 Å². The fourth-order valence-electron chi connectivity index (χ4n) is 3.82. The number of aryl methyl sites for hydroxylation is 1. The first-order valence-electron chi connectivity index (χ1n) is 11.2. The largest absolute Gasteiger partial charge is 0.356 e. The Morgan fingerprint density at radius 3 is 2.60 bits per heavy atom. The molecule has 1 aliphatic heterocycles. The van der Waals surface area contributed by atoms with Crippen LogP contribution in [0.25, 0.3) is 0 Å². The highest BCUT2D eigenvalue weighted by Crippen LogP contribution is 2.17. The van der Waals surface area contributed by atoms with Crippen molar-refractivity contribution in [1.29, 1.82) is 0 Å². The van der Waals surface area contributed by atoms with Gasteiger partial charge >= 0.3 is 0 Å². The van der Waals surface area contributed by atoms with Crippen LogP contribution in [0, 0.1) is 5.92 Å². The molecular formula is C23H36N2O4S. The smallest absolute Gasteiger partial charge is 0.237 e. The lowest BCUT2D eigenvalue weighted by Crippen LogP contribution is -2.47. The number of rotatable bonds is 12. The van der Waals surface area contributed by atoms with Crippen molar-refractivity contribution in [3.63, 3.8) is 0 Å². The maximum absolute atomic E-state index is 12.6. The number of nitrogens with zero attached hydrogens (tertiary/aromatic N) is 1. The minimum absolute atomic E-state index is 0.00312. The lowest BCUT2D eigenvalue weighted by molar-refractivity contribution is -0.133. The summed E-state index contributed by atoms with van der Waals surface area (Å²) in [5.41, 5.74) is 1.10. The van der Waals surface area contributed by atoms with Crippen LogP contribution in [0.3, 0.4) is 0 Å². The predicted molar refractivity (Wildman–Crippen MR) is 120 cm³/mol. The predicted octanol–water partition coefficient (Wildman–Crippen LogP) is 2.97. The van der Waals surface area contributed by atoms with Crippen LogP contribution in [0.5, 0.6) is 0 Å². The summed E-state index contributed by atoms with van der Waals surface area (Å²) in [4.78, 5) is 26.5. The third kappa shape index (κ3) is 8.86. The van der Waals surface area contributed by atoms with Crippen molar-refractivity contribution >= 4 is 21.7 Å². The number of carbonyl (C=O) groups is 2. The van der Waals surface area contributed by atoms with Crippen LogP contribution in [-0.2, 0) is 25.8 Å². The third-order valence-electron chi connectivity index (χ3n) is 5.58. The molecule has 0 aromatic heterocycles. The molecule has 0 aliphatic carbocycles. The minimum Gasteiger partial charge on any atom is -0.356 e. The molecule has 0 spiro atoms. The molecular weight excluding hydrogens is 400 g/mol. The Kier molecular flexibility index (Phi) is 10.3. The zero-order chi connectivity index (χ0) is 21.8. The number of unbranched alkanes of at least 4 members (excludes halogenated alkanes) is 3. The molecule has 0 radical (unpaired) electrons. The van der Waals surface area contributed by atoms with Crippen LogP contribution in [0.2, 0.25) is 0 Å². The van der Waals surface area contributed by atoms with E-state index in [9.17, 15) is 18.0 Å². The fourth-order valence-corrected chi connectivity index (χ4v) is 5.11. The van der Waals surface area contributed by atoms with Gasteiger partial charge in [0.25, 0.3) is 0 Å². The maximum Gasteiger partial charge on any atom is 0.237 e. The van der Waals surface area contributed by atoms with Gasteiger partial charge in [-0.2, -0.15) is 0 Å². The molecule has 1 fully saturated rings. The molecule has 1 N–H and O–H groups in total. The van der Waals surface area contributed by atoms with Gasteiger partial charge in [-0.3, -0.25) is 9.59 Å². The van der Waals surface area contributed by atoms with Crippen molar-refractivity contribution in [2.75, 3.05) is 31.1 Å². The van der Waals surface area contributed by atoms with Gasteiger partial charge in [-0.15, -0.1) is 0 Å². The number of likely N-dealkylation sites (tertiary alicyclic amines) is 1. The van der Waals surface area contributed by atoms with Crippen molar-refractivity contribution < 1.29 is 18.0 Å². The fraction of sp³-hybridized carbons (Fsp3) is 0.652. The third-order valence-corrected chi connectivity index (χ3v) is 7.18. The van der Waals surface area contributed by atoms with Crippen LogP contribution in [0.1, 0.15) is 57.4 Å². The zero-order valence-corrected chi connectivity index (χ0v) is 19.0. The first-order valence-corrected chi connectivity index (χ1v) is 13.0. The number of benzene rings is 1. The van der Waals surface area contributed by atoms with Gasteiger partial charge in [-0.05, 0) is 37.7 Å². The van der Waals surface area contributed by atoms with E-state index in [1.165, 1.54) is 6.42 Å². The molecule has 30 heavy (non-hydrogen) atoms. The summed E-state index contributed by atoms with van der Waals surface area (Å²) in [5.74, 6) is -1.10. The van der Waals surface area contributed by atoms with Crippen molar-refractivity contribution in [1.82, 2.24) is 10.2 Å². The van der Waals surface area contributed by atoms with Gasteiger partial charge in [0.2, 0.25) is 11.8 Å². The molecule has 1 saturated heterocycles. The van der Waals surface area contributed by atoms with Crippen LogP contribution < -0.4 is 5.32 Å². The van der Waals surface area contributed by atoms with Crippen molar-refractivity contribution in [3.8, 4) is 0 Å². The zero-order valence-electron chi connectivity index (χ0n) is 18.1. The number of nitrogens with one attached hydrogen (secondary N) is 1. The molecule has 7 heteroatoms. The van der Waals surface area contributed by atoms with Gasteiger partial charge in [-0.1, -0.05) is 56.5 Å². The van der Waals surface area contributed by atoms with Crippen LogP contribution in [0.15, 0.2) is 30.3 Å². The van der Waals surface area contributed by atoms with Gasteiger partial charge in [0.1, 0.15) is 5.75 Å². The van der Waals surface area contributed by atoms with Gasteiger partial charge < -0.3 is 10.2 Å². The highest BCUT2D eigenvalue weighted by Gasteiger charge is 2.30. The summed E-state index contributed by atoms with van der Waals surface area (Å²) >= 11 is 0. The van der Waals surface area contributed by atoms with E-state index < -0.39 is 15.6 Å². The molecule has 1 heterocycles. The maximum atomic E-state index is 12.6. The minimum atomic E-state index is -3.45. The van der Waals surface area contributed by atoms with Gasteiger partial charge in [0.05, 0.1) is 11.7 Å². The van der Waals surface area contributed by atoms with E-state index in [-0.39, 0.29) is 23.5 Å². The molecule has 6 nitrogen and oxygen atoms in total.